The van der Waals surface area contributed by atoms with Gasteiger partial charge >= 0.3 is 0 Å². The van der Waals surface area contributed by atoms with Crippen molar-refractivity contribution in [3.8, 4) is 5.75 Å². The van der Waals surface area contributed by atoms with E-state index < -0.39 is 0 Å². The molecule has 1 nitrogen and oxygen atoms in total. The van der Waals surface area contributed by atoms with Crippen LogP contribution in [-0.4, -0.2) is 7.11 Å². The molecule has 2 aromatic rings. The summed E-state index contributed by atoms with van der Waals surface area (Å²) >= 11 is 0. The molecule has 1 aliphatic rings. The second kappa shape index (κ2) is 7.83. The molecule has 0 bridgehead atoms. The zero-order chi connectivity index (χ0) is 16.8. The maximum Gasteiger partial charge on any atom is 0.118 e. The Kier molecular flexibility index (Phi) is 5.32. The Morgan fingerprint density at radius 2 is 1.71 bits per heavy atom. The Balaban J connectivity index is 1.68. The molecule has 0 amide bonds. The van der Waals surface area contributed by atoms with E-state index in [1.807, 2.05) is 18.2 Å². The summed E-state index contributed by atoms with van der Waals surface area (Å²) in [6.45, 7) is 3.96. The van der Waals surface area contributed by atoms with Crippen LogP contribution >= 0.6 is 0 Å². The van der Waals surface area contributed by atoms with Crippen LogP contribution in [0, 0.1) is 5.92 Å². The summed E-state index contributed by atoms with van der Waals surface area (Å²) < 4.78 is 5.23. The van der Waals surface area contributed by atoms with Crippen LogP contribution in [0.2, 0.25) is 0 Å². The molecule has 0 aliphatic heterocycles. The molecule has 1 unspecified atom stereocenters. The molecular weight excluding hydrogens is 292 g/mol. The maximum atomic E-state index is 5.23. The van der Waals surface area contributed by atoms with Crippen LogP contribution in [0.5, 0.6) is 5.75 Å². The van der Waals surface area contributed by atoms with Gasteiger partial charge in [0.25, 0.3) is 0 Å². The van der Waals surface area contributed by atoms with Crippen LogP contribution in [0.4, 0.5) is 0 Å². The molecule has 0 saturated heterocycles. The number of aryl methyl sites for hydroxylation is 1. The summed E-state index contributed by atoms with van der Waals surface area (Å²) in [6.07, 6.45) is 9.76. The first kappa shape index (κ1) is 16.3. The smallest absolute Gasteiger partial charge is 0.118 e. The SMILES string of the molecule is C=CCC1C(CCc2ccc(OC)cc2)=CC=C1c1ccccc1. The van der Waals surface area contributed by atoms with Crippen molar-refractivity contribution in [2.75, 3.05) is 7.11 Å². The van der Waals surface area contributed by atoms with E-state index >= 15 is 0 Å². The van der Waals surface area contributed by atoms with Gasteiger partial charge in [-0.1, -0.05) is 66.3 Å². The molecule has 3 rings (SSSR count). The van der Waals surface area contributed by atoms with Gasteiger partial charge in [0.05, 0.1) is 7.11 Å². The van der Waals surface area contributed by atoms with Crippen molar-refractivity contribution in [3.63, 3.8) is 0 Å². The van der Waals surface area contributed by atoms with Gasteiger partial charge in [0.2, 0.25) is 0 Å². The number of ether oxygens (including phenoxy) is 1. The fourth-order valence-corrected chi connectivity index (χ4v) is 3.34. The lowest BCUT2D eigenvalue weighted by molar-refractivity contribution is 0.414. The van der Waals surface area contributed by atoms with Crippen LogP contribution in [0.15, 0.2) is 85.0 Å². The second-order valence-electron chi connectivity index (χ2n) is 6.15. The van der Waals surface area contributed by atoms with Gasteiger partial charge in [-0.2, -0.15) is 0 Å². The standard InChI is InChI=1S/C23H24O/c1-3-7-22-20(13-10-18-11-15-21(24-2)16-12-18)14-17-23(22)19-8-5-4-6-9-19/h3-6,8-9,11-12,14-17,22H,1,7,10,13H2,2H3. The Morgan fingerprint density at radius 3 is 2.38 bits per heavy atom. The molecule has 1 heteroatoms. The van der Waals surface area contributed by atoms with Crippen LogP contribution in [0.1, 0.15) is 24.0 Å². The topological polar surface area (TPSA) is 9.23 Å². The van der Waals surface area contributed by atoms with Crippen LogP contribution in [0.3, 0.4) is 0 Å². The van der Waals surface area contributed by atoms with E-state index in [0.29, 0.717) is 5.92 Å². The molecule has 122 valence electrons. The van der Waals surface area contributed by atoms with Gasteiger partial charge in [-0.15, -0.1) is 6.58 Å². The average molecular weight is 316 g/mol. The van der Waals surface area contributed by atoms with Crippen LogP contribution in [-0.2, 0) is 6.42 Å². The highest BCUT2D eigenvalue weighted by Crippen LogP contribution is 2.38. The fraction of sp³-hybridized carbons (Fsp3) is 0.217. The van der Waals surface area contributed by atoms with Gasteiger partial charge in [-0.25, -0.2) is 0 Å². The van der Waals surface area contributed by atoms with Gasteiger partial charge in [0, 0.05) is 5.92 Å². The van der Waals surface area contributed by atoms with Crippen molar-refractivity contribution in [1.82, 2.24) is 0 Å². The van der Waals surface area contributed by atoms with Crippen molar-refractivity contribution in [2.24, 2.45) is 5.92 Å². The van der Waals surface area contributed by atoms with Crippen LogP contribution in [0.25, 0.3) is 5.57 Å². The molecule has 1 aliphatic carbocycles. The Bertz CT molecular complexity index is 735. The summed E-state index contributed by atoms with van der Waals surface area (Å²) in [5.41, 5.74) is 5.59. The third kappa shape index (κ3) is 3.68. The first-order chi connectivity index (χ1) is 11.8. The van der Waals surface area contributed by atoms with Crippen molar-refractivity contribution in [2.45, 2.75) is 19.3 Å². The van der Waals surface area contributed by atoms with Crippen molar-refractivity contribution >= 4 is 5.57 Å². The molecule has 2 aromatic carbocycles. The number of benzene rings is 2. The summed E-state index contributed by atoms with van der Waals surface area (Å²) in [5.74, 6) is 1.37. The minimum Gasteiger partial charge on any atom is -0.497 e. The van der Waals surface area contributed by atoms with E-state index in [9.17, 15) is 0 Å². The highest BCUT2D eigenvalue weighted by Gasteiger charge is 2.22. The van der Waals surface area contributed by atoms with Crippen molar-refractivity contribution < 1.29 is 4.74 Å². The third-order valence-corrected chi connectivity index (χ3v) is 4.67. The number of methoxy groups -OCH3 is 1. The van der Waals surface area contributed by atoms with E-state index in [0.717, 1.165) is 25.0 Å². The predicted molar refractivity (Wildman–Crippen MR) is 102 cm³/mol. The Morgan fingerprint density at radius 1 is 0.958 bits per heavy atom. The average Bonchev–Trinajstić information content (AvgIpc) is 3.04. The predicted octanol–water partition coefficient (Wildman–Crippen LogP) is 5.84. The third-order valence-electron chi connectivity index (χ3n) is 4.67. The lowest BCUT2D eigenvalue weighted by atomic mass is 9.86. The summed E-state index contributed by atoms with van der Waals surface area (Å²) in [6, 6.07) is 19.1. The summed E-state index contributed by atoms with van der Waals surface area (Å²) in [4.78, 5) is 0. The van der Waals surface area contributed by atoms with E-state index in [4.69, 9.17) is 4.74 Å². The van der Waals surface area contributed by atoms with E-state index in [-0.39, 0.29) is 0 Å². The van der Waals surface area contributed by atoms with Gasteiger partial charge in [-0.3, -0.25) is 0 Å². The molecule has 0 spiro atoms. The number of hydrogen-bond donors (Lipinski definition) is 0. The molecule has 0 aromatic heterocycles. The molecule has 0 radical (unpaired) electrons. The number of allylic oxidation sites excluding steroid dienone is 5. The Labute approximate surface area is 145 Å². The molecule has 0 heterocycles. The van der Waals surface area contributed by atoms with Crippen molar-refractivity contribution in [3.05, 3.63) is 96.1 Å². The Hall–Kier alpha value is -2.54. The monoisotopic (exact) mass is 316 g/mol. The first-order valence-electron chi connectivity index (χ1n) is 8.51. The van der Waals surface area contributed by atoms with Gasteiger partial charge in [0.1, 0.15) is 5.75 Å². The zero-order valence-corrected chi connectivity index (χ0v) is 14.2. The highest BCUT2D eigenvalue weighted by atomic mass is 16.5. The molecular formula is C23H24O. The van der Waals surface area contributed by atoms with Gasteiger partial charge in [-0.05, 0) is 48.1 Å². The quantitative estimate of drug-likeness (QED) is 0.583. The second-order valence-corrected chi connectivity index (χ2v) is 6.15. The van der Waals surface area contributed by atoms with Crippen LogP contribution < -0.4 is 4.74 Å². The highest BCUT2D eigenvalue weighted by molar-refractivity contribution is 5.74. The first-order valence-corrected chi connectivity index (χ1v) is 8.51. The lowest BCUT2D eigenvalue weighted by Gasteiger charge is -2.18. The minimum absolute atomic E-state index is 0.461. The minimum atomic E-state index is 0.461. The number of rotatable bonds is 7. The molecule has 1 atom stereocenters. The maximum absolute atomic E-state index is 5.23. The molecule has 24 heavy (non-hydrogen) atoms. The zero-order valence-electron chi connectivity index (χ0n) is 14.2. The summed E-state index contributed by atoms with van der Waals surface area (Å²) in [7, 11) is 1.70. The van der Waals surface area contributed by atoms with Gasteiger partial charge in [0.15, 0.2) is 0 Å². The fourth-order valence-electron chi connectivity index (χ4n) is 3.34. The normalized spacial score (nSPS) is 16.5. The van der Waals surface area contributed by atoms with Crippen molar-refractivity contribution in [1.29, 1.82) is 0 Å². The van der Waals surface area contributed by atoms with E-state index in [1.54, 1.807) is 7.11 Å². The largest absolute Gasteiger partial charge is 0.497 e. The van der Waals surface area contributed by atoms with E-state index in [2.05, 4.69) is 61.2 Å². The lowest BCUT2D eigenvalue weighted by Crippen LogP contribution is -2.04. The molecule has 0 saturated carbocycles. The molecule has 0 N–H and O–H groups in total. The van der Waals surface area contributed by atoms with Gasteiger partial charge < -0.3 is 4.74 Å². The number of hydrogen-bond acceptors (Lipinski definition) is 1. The van der Waals surface area contributed by atoms with E-state index in [1.165, 1.54) is 22.3 Å². The molecule has 0 fully saturated rings. The summed E-state index contributed by atoms with van der Waals surface area (Å²) in [5, 5.41) is 0.